The van der Waals surface area contributed by atoms with Crippen LogP contribution in [-0.2, 0) is 11.0 Å². The Morgan fingerprint density at radius 1 is 1.13 bits per heavy atom. The molecule has 2 aromatic carbocycles. The largest absolute Gasteiger partial charge is 0.493 e. The van der Waals surface area contributed by atoms with Gasteiger partial charge in [0.25, 0.3) is 5.91 Å². The summed E-state index contributed by atoms with van der Waals surface area (Å²) in [5.41, 5.74) is -3.60. The Labute approximate surface area is 257 Å². The molecular weight excluding hydrogens is 594 g/mol. The molecule has 1 amide bonds. The predicted molar refractivity (Wildman–Crippen MR) is 155 cm³/mol. The van der Waals surface area contributed by atoms with Crippen molar-refractivity contribution in [1.29, 1.82) is 0 Å². The first kappa shape index (κ1) is 29.8. The number of rotatable bonds is 9. The number of nitrogens with zero attached hydrogens (tertiary/aromatic N) is 1. The van der Waals surface area contributed by atoms with E-state index in [0.717, 1.165) is 25.7 Å². The zero-order chi connectivity index (χ0) is 31.7. The predicted octanol–water partition coefficient (Wildman–Crippen LogP) is 5.32. The van der Waals surface area contributed by atoms with Gasteiger partial charge in [-0.2, -0.15) is 13.2 Å². The highest BCUT2D eigenvalue weighted by atomic mass is 19.4. The van der Waals surface area contributed by atoms with Gasteiger partial charge in [0.05, 0.1) is 32.1 Å². The van der Waals surface area contributed by atoms with Crippen LogP contribution in [0, 0.1) is 11.7 Å². The number of alkyl halides is 3. The van der Waals surface area contributed by atoms with E-state index in [1.165, 1.54) is 49.6 Å². The van der Waals surface area contributed by atoms with E-state index in [2.05, 4.69) is 15.6 Å². The second-order valence-electron chi connectivity index (χ2n) is 12.7. The van der Waals surface area contributed by atoms with E-state index in [0.29, 0.717) is 29.2 Å². The second kappa shape index (κ2) is 10.6. The molecule has 0 spiro atoms. The lowest BCUT2D eigenvalue weighted by Crippen LogP contribution is -2.54. The van der Waals surface area contributed by atoms with Gasteiger partial charge in [0.2, 0.25) is 5.60 Å². The molecule has 0 radical (unpaired) electrons. The first-order valence-electron chi connectivity index (χ1n) is 15.0. The van der Waals surface area contributed by atoms with Gasteiger partial charge in [0, 0.05) is 40.3 Å². The number of aliphatic hydroxyl groups is 1. The Balaban J connectivity index is 1.32. The molecule has 238 valence electrons. The number of hydrogen-bond donors (Lipinski definition) is 3. The first-order valence-corrected chi connectivity index (χ1v) is 15.0. The molecule has 3 N–H and O–H groups in total. The molecule has 45 heavy (non-hydrogen) atoms. The van der Waals surface area contributed by atoms with E-state index in [4.69, 9.17) is 14.2 Å². The first-order chi connectivity index (χ1) is 21.4. The summed E-state index contributed by atoms with van der Waals surface area (Å²) in [4.78, 5) is 17.7. The number of aromatic nitrogens is 1. The molecule has 2 aliphatic carbocycles. The van der Waals surface area contributed by atoms with Crippen LogP contribution < -0.4 is 24.8 Å². The summed E-state index contributed by atoms with van der Waals surface area (Å²) in [6, 6.07) is 9.08. The maximum absolute atomic E-state index is 15.2. The highest BCUT2D eigenvalue weighted by Gasteiger charge is 2.60. The molecule has 8 nitrogen and oxygen atoms in total. The third-order valence-electron chi connectivity index (χ3n) is 9.17. The summed E-state index contributed by atoms with van der Waals surface area (Å²) in [5.74, 6) is -0.256. The Morgan fingerprint density at radius 3 is 2.51 bits per heavy atom. The fourth-order valence-electron chi connectivity index (χ4n) is 6.36. The number of carbonyl (C=O) groups is 1. The summed E-state index contributed by atoms with van der Waals surface area (Å²) in [7, 11) is 1.41. The Morgan fingerprint density at radius 2 is 1.87 bits per heavy atom. The highest BCUT2D eigenvalue weighted by Crippen LogP contribution is 2.57. The van der Waals surface area contributed by atoms with Crippen molar-refractivity contribution < 1.29 is 41.7 Å². The van der Waals surface area contributed by atoms with Crippen molar-refractivity contribution in [3.63, 3.8) is 0 Å². The molecule has 3 heterocycles. The molecular formula is C33H33F4N3O5. The van der Waals surface area contributed by atoms with Crippen molar-refractivity contribution >= 4 is 5.91 Å². The lowest BCUT2D eigenvalue weighted by Gasteiger charge is -2.40. The monoisotopic (exact) mass is 627 g/mol. The second-order valence-corrected chi connectivity index (χ2v) is 12.7. The third-order valence-corrected chi connectivity index (χ3v) is 9.17. The molecule has 0 bridgehead atoms. The van der Waals surface area contributed by atoms with Crippen LogP contribution in [0.3, 0.4) is 0 Å². The average molecular weight is 628 g/mol. The normalized spacial score (nSPS) is 23.5. The van der Waals surface area contributed by atoms with E-state index >= 15 is 13.2 Å². The van der Waals surface area contributed by atoms with Crippen molar-refractivity contribution in [1.82, 2.24) is 15.6 Å². The maximum atomic E-state index is 15.2. The van der Waals surface area contributed by atoms with Crippen LogP contribution in [0.15, 0.2) is 42.5 Å². The van der Waals surface area contributed by atoms with Gasteiger partial charge in [-0.05, 0) is 74.1 Å². The number of hydrogen-bond acceptors (Lipinski definition) is 7. The zero-order valence-electron chi connectivity index (χ0n) is 24.8. The van der Waals surface area contributed by atoms with Crippen LogP contribution in [-0.4, -0.2) is 55.1 Å². The molecule has 2 aliphatic heterocycles. The van der Waals surface area contributed by atoms with E-state index in [9.17, 15) is 14.3 Å². The van der Waals surface area contributed by atoms with Gasteiger partial charge in [0.1, 0.15) is 17.3 Å². The summed E-state index contributed by atoms with van der Waals surface area (Å²) in [6.45, 7) is 1.36. The minimum Gasteiger partial charge on any atom is -0.493 e. The Hall–Kier alpha value is -3.90. The quantitative estimate of drug-likeness (QED) is 0.276. The minimum atomic E-state index is -5.24. The summed E-state index contributed by atoms with van der Waals surface area (Å²) < 4.78 is 76.6. The van der Waals surface area contributed by atoms with Gasteiger partial charge in [-0.25, -0.2) is 9.37 Å². The van der Waals surface area contributed by atoms with Gasteiger partial charge >= 0.3 is 6.18 Å². The third kappa shape index (κ3) is 5.17. The van der Waals surface area contributed by atoms with E-state index < -0.39 is 47.2 Å². The number of pyridine rings is 1. The molecule has 3 aromatic rings. The van der Waals surface area contributed by atoms with Crippen LogP contribution in [0.1, 0.15) is 65.8 Å². The fraction of sp³-hybridized carbons (Fsp3) is 0.455. The number of amides is 1. The molecule has 7 rings (SSSR count). The van der Waals surface area contributed by atoms with E-state index in [-0.39, 0.29) is 41.2 Å². The van der Waals surface area contributed by atoms with E-state index in [1.54, 1.807) is 0 Å². The Kier molecular flexibility index (Phi) is 7.01. The zero-order valence-corrected chi connectivity index (χ0v) is 24.8. The molecule has 3 atom stereocenters. The van der Waals surface area contributed by atoms with Gasteiger partial charge in [-0.1, -0.05) is 6.92 Å². The van der Waals surface area contributed by atoms with Crippen molar-refractivity contribution in [2.75, 3.05) is 26.8 Å². The average Bonchev–Trinajstić information content (AvgIpc) is 3.96. The molecule has 1 aromatic heterocycles. The highest BCUT2D eigenvalue weighted by molar-refractivity contribution is 5.95. The molecule has 0 saturated heterocycles. The van der Waals surface area contributed by atoms with Crippen LogP contribution in [0.2, 0.25) is 0 Å². The van der Waals surface area contributed by atoms with Crippen LogP contribution in [0.5, 0.6) is 17.2 Å². The number of carbonyl (C=O) groups excluding carboxylic acids is 1. The number of benzene rings is 2. The summed E-state index contributed by atoms with van der Waals surface area (Å²) >= 11 is 0. The topological polar surface area (TPSA) is 102 Å². The molecule has 2 fully saturated rings. The van der Waals surface area contributed by atoms with Gasteiger partial charge < -0.3 is 30.0 Å². The lowest BCUT2D eigenvalue weighted by atomic mass is 9.73. The SMILES string of the molecule is COc1cc(C(=O)NC[C@](O)(c2nc(-c3ccc(F)cc3)c3c4c2[C@@H](C2CC2)NC[C@@]4(C)CO3)C(F)(F)F)ccc1OC1CC1. The number of halogens is 4. The smallest absolute Gasteiger partial charge is 0.424 e. The molecule has 0 unspecified atom stereocenters. The number of nitrogens with one attached hydrogen (secondary N) is 2. The van der Waals surface area contributed by atoms with Gasteiger partial charge in [0.15, 0.2) is 11.5 Å². The number of ether oxygens (including phenoxy) is 3. The van der Waals surface area contributed by atoms with Crippen LogP contribution in [0.25, 0.3) is 11.3 Å². The minimum absolute atomic E-state index is 0.0354. The van der Waals surface area contributed by atoms with Crippen molar-refractivity contribution in [2.24, 2.45) is 5.92 Å². The van der Waals surface area contributed by atoms with Crippen molar-refractivity contribution in [3.8, 4) is 28.5 Å². The molecule has 4 aliphatic rings. The lowest BCUT2D eigenvalue weighted by molar-refractivity contribution is -0.265. The van der Waals surface area contributed by atoms with Crippen LogP contribution >= 0.6 is 0 Å². The maximum Gasteiger partial charge on any atom is 0.424 e. The molecule has 12 heteroatoms. The van der Waals surface area contributed by atoms with Crippen molar-refractivity contribution in [3.05, 3.63) is 70.7 Å². The van der Waals surface area contributed by atoms with Crippen LogP contribution in [0.4, 0.5) is 17.6 Å². The molecule has 2 saturated carbocycles. The van der Waals surface area contributed by atoms with Gasteiger partial charge in [-0.15, -0.1) is 0 Å². The standard InChI is InChI=1S/C33H33F4N3O5/c1-31-14-38-26(17-3-4-17)24-25(31)28(44-16-31)27(18-5-8-20(34)9-6-18)40-29(24)32(42,33(35,36)37)15-39-30(41)19-7-12-22(23(13-19)43-2)45-21-10-11-21/h5-9,12-13,17,21,26,38,42H,3-4,10-11,14-16H2,1-2H3,(H,39,41)/t26-,31+,32+/m1/s1. The summed E-state index contributed by atoms with van der Waals surface area (Å²) in [6.07, 6.45) is -1.72. The van der Waals surface area contributed by atoms with E-state index in [1.807, 2.05) is 6.92 Å². The number of methoxy groups -OCH3 is 1. The van der Waals surface area contributed by atoms with Gasteiger partial charge in [-0.3, -0.25) is 4.79 Å². The Bertz CT molecular complexity index is 1660. The summed E-state index contributed by atoms with van der Waals surface area (Å²) in [5, 5.41) is 17.5. The fourth-order valence-corrected chi connectivity index (χ4v) is 6.36. The van der Waals surface area contributed by atoms with Crippen molar-refractivity contribution in [2.45, 2.75) is 61.9 Å².